The van der Waals surface area contributed by atoms with Crippen LogP contribution in [0.5, 0.6) is 0 Å². The van der Waals surface area contributed by atoms with E-state index in [-0.39, 0.29) is 12.0 Å². The Morgan fingerprint density at radius 3 is 2.35 bits per heavy atom. The average Bonchev–Trinajstić information content (AvgIpc) is 3.07. The highest BCUT2D eigenvalue weighted by atomic mass is 16.5. The van der Waals surface area contributed by atoms with Crippen LogP contribution in [0.4, 0.5) is 5.69 Å². The van der Waals surface area contributed by atoms with E-state index in [2.05, 4.69) is 37.4 Å². The number of aryl methyl sites for hydroxylation is 2. The molecule has 1 atom stereocenters. The molecule has 0 radical (unpaired) electrons. The Labute approximate surface area is 102 Å². The second-order valence-corrected chi connectivity index (χ2v) is 4.86. The lowest BCUT2D eigenvalue weighted by Gasteiger charge is -2.17. The topological polar surface area (TPSA) is 38.3 Å². The van der Waals surface area contributed by atoms with Gasteiger partial charge in [-0.3, -0.25) is 0 Å². The monoisotopic (exact) mass is 233 g/mol. The average molecular weight is 233 g/mol. The molecule has 92 valence electrons. The molecule has 0 bridgehead atoms. The van der Waals surface area contributed by atoms with E-state index in [0.717, 1.165) is 18.5 Å². The van der Waals surface area contributed by atoms with Crippen LogP contribution >= 0.6 is 0 Å². The fraction of sp³-hybridized carbons (Fsp3) is 0.500. The first-order valence-corrected chi connectivity index (χ1v) is 6.03. The predicted molar refractivity (Wildman–Crippen MR) is 68.1 cm³/mol. The van der Waals surface area contributed by atoms with Crippen LogP contribution in [-0.4, -0.2) is 19.1 Å². The van der Waals surface area contributed by atoms with Gasteiger partial charge in [0.2, 0.25) is 0 Å². The van der Waals surface area contributed by atoms with Crippen molar-refractivity contribution in [1.82, 2.24) is 0 Å². The molecule has 0 aromatic heterocycles. The van der Waals surface area contributed by atoms with Crippen LogP contribution in [0.2, 0.25) is 0 Å². The number of ether oxygens (including phenoxy) is 1. The van der Waals surface area contributed by atoms with Gasteiger partial charge in [0.15, 0.2) is 0 Å². The number of anilines is 1. The number of methoxy groups -OCH3 is 1. The zero-order valence-electron chi connectivity index (χ0n) is 10.6. The maximum atomic E-state index is 11.7. The second-order valence-electron chi connectivity index (χ2n) is 4.86. The number of rotatable bonds is 4. The van der Waals surface area contributed by atoms with Gasteiger partial charge in [0.05, 0.1) is 7.11 Å². The van der Waals surface area contributed by atoms with Crippen molar-refractivity contribution < 1.29 is 9.53 Å². The van der Waals surface area contributed by atoms with Gasteiger partial charge in [-0.05, 0) is 55.9 Å². The van der Waals surface area contributed by atoms with Gasteiger partial charge < -0.3 is 10.1 Å². The molecule has 1 saturated carbocycles. The summed E-state index contributed by atoms with van der Waals surface area (Å²) >= 11 is 0. The number of benzene rings is 1. The maximum Gasteiger partial charge on any atom is 0.328 e. The van der Waals surface area contributed by atoms with E-state index in [1.165, 1.54) is 18.2 Å². The fourth-order valence-electron chi connectivity index (χ4n) is 2.16. The van der Waals surface area contributed by atoms with E-state index >= 15 is 0 Å². The first-order valence-electron chi connectivity index (χ1n) is 6.03. The highest BCUT2D eigenvalue weighted by molar-refractivity contribution is 5.80. The van der Waals surface area contributed by atoms with E-state index in [9.17, 15) is 4.79 Å². The zero-order valence-corrected chi connectivity index (χ0v) is 10.6. The molecule has 0 aliphatic heterocycles. The van der Waals surface area contributed by atoms with Crippen molar-refractivity contribution in [3.63, 3.8) is 0 Å². The van der Waals surface area contributed by atoms with Gasteiger partial charge in [-0.25, -0.2) is 4.79 Å². The molecule has 0 heterocycles. The quantitative estimate of drug-likeness (QED) is 0.812. The van der Waals surface area contributed by atoms with Crippen LogP contribution in [-0.2, 0) is 9.53 Å². The van der Waals surface area contributed by atoms with Gasteiger partial charge in [0.25, 0.3) is 0 Å². The standard InChI is InChI=1S/C14H19NO2/c1-9-6-10(2)8-12(7-9)15-13(11-4-5-11)14(16)17-3/h6-8,11,13,15H,4-5H2,1-3H3. The highest BCUT2D eigenvalue weighted by Gasteiger charge is 2.36. The molecule has 1 aliphatic rings. The molecule has 1 N–H and O–H groups in total. The Bertz CT molecular complexity index is 404. The number of hydrogen-bond donors (Lipinski definition) is 1. The lowest BCUT2D eigenvalue weighted by atomic mass is 10.1. The smallest absolute Gasteiger partial charge is 0.328 e. The third-order valence-corrected chi connectivity index (χ3v) is 3.09. The van der Waals surface area contributed by atoms with Gasteiger partial charge in [0, 0.05) is 5.69 Å². The van der Waals surface area contributed by atoms with Crippen LogP contribution in [0.1, 0.15) is 24.0 Å². The third-order valence-electron chi connectivity index (χ3n) is 3.09. The third kappa shape index (κ3) is 2.99. The van der Waals surface area contributed by atoms with E-state index in [4.69, 9.17) is 4.74 Å². The summed E-state index contributed by atoms with van der Waals surface area (Å²) in [5, 5.41) is 3.30. The molecule has 1 unspecified atom stereocenters. The van der Waals surface area contributed by atoms with Gasteiger partial charge in [-0.2, -0.15) is 0 Å². The van der Waals surface area contributed by atoms with Crippen molar-refractivity contribution in [2.24, 2.45) is 5.92 Å². The van der Waals surface area contributed by atoms with E-state index in [1.54, 1.807) is 0 Å². The largest absolute Gasteiger partial charge is 0.467 e. The van der Waals surface area contributed by atoms with Crippen LogP contribution in [0, 0.1) is 19.8 Å². The molecule has 3 heteroatoms. The second kappa shape index (κ2) is 4.78. The molecule has 2 rings (SSSR count). The summed E-state index contributed by atoms with van der Waals surface area (Å²) < 4.78 is 4.84. The first kappa shape index (κ1) is 12.0. The lowest BCUT2D eigenvalue weighted by Crippen LogP contribution is -2.32. The Hall–Kier alpha value is -1.51. The molecule has 1 aliphatic carbocycles. The van der Waals surface area contributed by atoms with Crippen LogP contribution in [0.3, 0.4) is 0 Å². The van der Waals surface area contributed by atoms with Crippen molar-refractivity contribution in [2.75, 3.05) is 12.4 Å². The van der Waals surface area contributed by atoms with Crippen LogP contribution in [0.25, 0.3) is 0 Å². The number of hydrogen-bond acceptors (Lipinski definition) is 3. The van der Waals surface area contributed by atoms with Crippen LogP contribution < -0.4 is 5.32 Å². The minimum atomic E-state index is -0.193. The van der Waals surface area contributed by atoms with Gasteiger partial charge in [-0.15, -0.1) is 0 Å². The Morgan fingerprint density at radius 1 is 1.29 bits per heavy atom. The minimum Gasteiger partial charge on any atom is -0.467 e. The maximum absolute atomic E-state index is 11.7. The van der Waals surface area contributed by atoms with E-state index in [0.29, 0.717) is 5.92 Å². The van der Waals surface area contributed by atoms with Gasteiger partial charge >= 0.3 is 5.97 Å². The molecular weight excluding hydrogens is 214 g/mol. The highest BCUT2D eigenvalue weighted by Crippen LogP contribution is 2.35. The molecule has 1 fully saturated rings. The minimum absolute atomic E-state index is 0.161. The van der Waals surface area contributed by atoms with Crippen molar-refractivity contribution in [2.45, 2.75) is 32.7 Å². The molecule has 0 amide bonds. The van der Waals surface area contributed by atoms with E-state index < -0.39 is 0 Å². The summed E-state index contributed by atoms with van der Waals surface area (Å²) in [5.74, 6) is 0.273. The Morgan fingerprint density at radius 2 is 1.88 bits per heavy atom. The summed E-state index contributed by atoms with van der Waals surface area (Å²) in [7, 11) is 1.45. The molecule has 1 aromatic rings. The van der Waals surface area contributed by atoms with Crippen molar-refractivity contribution in [3.05, 3.63) is 29.3 Å². The number of esters is 1. The lowest BCUT2D eigenvalue weighted by molar-refractivity contribution is -0.142. The van der Waals surface area contributed by atoms with Crippen molar-refractivity contribution >= 4 is 11.7 Å². The normalized spacial score (nSPS) is 16.4. The number of carbonyl (C=O) groups is 1. The van der Waals surface area contributed by atoms with Crippen molar-refractivity contribution in [3.8, 4) is 0 Å². The summed E-state index contributed by atoms with van der Waals surface area (Å²) in [6.45, 7) is 4.12. The molecule has 1 aromatic carbocycles. The SMILES string of the molecule is COC(=O)C(Nc1cc(C)cc(C)c1)C1CC1. The number of carbonyl (C=O) groups excluding carboxylic acids is 1. The summed E-state index contributed by atoms with van der Waals surface area (Å²) in [6.07, 6.45) is 2.22. The summed E-state index contributed by atoms with van der Waals surface area (Å²) in [4.78, 5) is 11.7. The Balaban J connectivity index is 2.14. The van der Waals surface area contributed by atoms with E-state index in [1.807, 2.05) is 0 Å². The Kier molecular flexibility index (Phi) is 3.36. The predicted octanol–water partition coefficient (Wildman–Crippen LogP) is 2.67. The van der Waals surface area contributed by atoms with Crippen LogP contribution in [0.15, 0.2) is 18.2 Å². The van der Waals surface area contributed by atoms with Crippen molar-refractivity contribution in [1.29, 1.82) is 0 Å². The molecule has 0 spiro atoms. The number of nitrogens with one attached hydrogen (secondary N) is 1. The van der Waals surface area contributed by atoms with Gasteiger partial charge in [0.1, 0.15) is 6.04 Å². The fourth-order valence-corrected chi connectivity index (χ4v) is 2.16. The summed E-state index contributed by atoms with van der Waals surface area (Å²) in [5.41, 5.74) is 3.41. The first-order chi connectivity index (χ1) is 8.10. The molecule has 0 saturated heterocycles. The summed E-state index contributed by atoms with van der Waals surface area (Å²) in [6, 6.07) is 6.05. The molecular formula is C14H19NO2. The zero-order chi connectivity index (χ0) is 12.4. The molecule has 3 nitrogen and oxygen atoms in total. The molecule has 17 heavy (non-hydrogen) atoms. The van der Waals surface area contributed by atoms with Gasteiger partial charge in [-0.1, -0.05) is 6.07 Å².